The molecule has 0 aliphatic heterocycles. The lowest BCUT2D eigenvalue weighted by Crippen LogP contribution is -2.41. The molecule has 0 radical (unpaired) electrons. The summed E-state index contributed by atoms with van der Waals surface area (Å²) in [5.74, 6) is 0.575. The summed E-state index contributed by atoms with van der Waals surface area (Å²) in [5, 5.41) is 0.293. The summed E-state index contributed by atoms with van der Waals surface area (Å²) in [4.78, 5) is 0. The lowest BCUT2D eigenvalue weighted by Gasteiger charge is -2.36. The van der Waals surface area contributed by atoms with E-state index in [0.29, 0.717) is 11.0 Å². The van der Waals surface area contributed by atoms with Crippen LogP contribution >= 0.6 is 0 Å². The van der Waals surface area contributed by atoms with Gasteiger partial charge in [-0.1, -0.05) is 26.8 Å². The molecular formula is C17H32O2Si. The highest BCUT2D eigenvalue weighted by Crippen LogP contribution is 2.54. The van der Waals surface area contributed by atoms with E-state index in [2.05, 4.69) is 39.9 Å². The van der Waals surface area contributed by atoms with Crippen LogP contribution in [0.15, 0.2) is 11.6 Å². The predicted molar refractivity (Wildman–Crippen MR) is 87.5 cm³/mol. The average Bonchev–Trinajstić information content (AvgIpc) is 3.11. The van der Waals surface area contributed by atoms with Crippen LogP contribution in [0.2, 0.25) is 18.1 Å². The quantitative estimate of drug-likeness (QED) is 0.530. The number of allylic oxidation sites excluding steroid dienone is 1. The molecule has 0 spiro atoms. The second kappa shape index (κ2) is 5.58. The fourth-order valence-electron chi connectivity index (χ4n) is 3.02. The Hall–Kier alpha value is -0.123. The Morgan fingerprint density at radius 3 is 2.50 bits per heavy atom. The molecule has 0 bridgehead atoms. The molecule has 20 heavy (non-hydrogen) atoms. The summed E-state index contributed by atoms with van der Waals surface area (Å²) < 4.78 is 12.3. The maximum Gasteiger partial charge on any atom is 0.191 e. The molecule has 0 aromatic carbocycles. The van der Waals surface area contributed by atoms with Gasteiger partial charge in [0.15, 0.2) is 8.32 Å². The zero-order valence-corrected chi connectivity index (χ0v) is 15.2. The maximum atomic E-state index is 6.40. The molecule has 0 amide bonds. The third-order valence-electron chi connectivity index (χ3n) is 5.70. The van der Waals surface area contributed by atoms with Crippen molar-refractivity contribution in [2.45, 2.75) is 76.6 Å². The highest BCUT2D eigenvalue weighted by Gasteiger charge is 2.57. The summed E-state index contributed by atoms with van der Waals surface area (Å²) in [7, 11) is 0.249. The number of ether oxygens (including phenoxy) is 1. The lowest BCUT2D eigenvalue weighted by atomic mass is 9.93. The van der Waals surface area contributed by atoms with Gasteiger partial charge in [0.25, 0.3) is 0 Å². The molecule has 0 aromatic rings. The average molecular weight is 297 g/mol. The van der Waals surface area contributed by atoms with Gasteiger partial charge in [-0.3, -0.25) is 0 Å². The van der Waals surface area contributed by atoms with Gasteiger partial charge in [-0.15, -0.1) is 0 Å². The molecule has 0 unspecified atom stereocenters. The molecule has 1 saturated carbocycles. The molecular weight excluding hydrogens is 264 g/mol. The van der Waals surface area contributed by atoms with Crippen LogP contribution in [0.1, 0.15) is 52.9 Å². The first kappa shape index (κ1) is 16.3. The van der Waals surface area contributed by atoms with Crippen LogP contribution in [0.4, 0.5) is 0 Å². The fraction of sp³-hybridized carbons (Fsp3) is 0.882. The third-order valence-corrected chi connectivity index (χ3v) is 10.2. The standard InChI is InChI=1S/C17H32O2Si/c1-16(2,3)20(5,6)19-13-15-12-17(15,18-4)14-10-8-7-9-11-14/h10,15H,7-9,11-13H2,1-6H3/t15-,17+/m0/s1. The Labute approximate surface area is 126 Å². The molecule has 2 aliphatic carbocycles. The molecule has 2 rings (SSSR count). The van der Waals surface area contributed by atoms with Gasteiger partial charge in [-0.05, 0) is 55.8 Å². The Bertz CT molecular complexity index is 381. The van der Waals surface area contributed by atoms with Crippen LogP contribution in [0, 0.1) is 5.92 Å². The smallest absolute Gasteiger partial charge is 0.191 e. The molecule has 0 heterocycles. The first-order valence-electron chi connectivity index (χ1n) is 8.11. The second-order valence-electron chi connectivity index (χ2n) is 8.04. The van der Waals surface area contributed by atoms with E-state index in [0.717, 1.165) is 13.0 Å². The SMILES string of the molecule is CO[C@@]1(C2=CCCCC2)C[C@H]1CO[Si](C)(C)C(C)(C)C. The molecule has 0 saturated heterocycles. The van der Waals surface area contributed by atoms with Gasteiger partial charge in [0.05, 0.1) is 5.60 Å². The van der Waals surface area contributed by atoms with Crippen LogP contribution in [-0.2, 0) is 9.16 Å². The number of hydrogen-bond donors (Lipinski definition) is 0. The zero-order chi connectivity index (χ0) is 15.0. The molecule has 116 valence electrons. The molecule has 3 heteroatoms. The van der Waals surface area contributed by atoms with Crippen LogP contribution in [0.5, 0.6) is 0 Å². The Morgan fingerprint density at radius 2 is 2.00 bits per heavy atom. The second-order valence-corrected chi connectivity index (χ2v) is 12.9. The first-order valence-corrected chi connectivity index (χ1v) is 11.0. The van der Waals surface area contributed by atoms with E-state index in [1.54, 1.807) is 5.57 Å². The van der Waals surface area contributed by atoms with E-state index in [1.807, 2.05) is 7.11 Å². The van der Waals surface area contributed by atoms with Gasteiger partial charge in [-0.2, -0.15) is 0 Å². The van der Waals surface area contributed by atoms with Crippen LogP contribution in [-0.4, -0.2) is 27.6 Å². The lowest BCUT2D eigenvalue weighted by molar-refractivity contribution is 0.0806. The van der Waals surface area contributed by atoms with Crippen molar-refractivity contribution < 1.29 is 9.16 Å². The van der Waals surface area contributed by atoms with Crippen LogP contribution in [0.3, 0.4) is 0 Å². The minimum Gasteiger partial charge on any atom is -0.416 e. The largest absolute Gasteiger partial charge is 0.416 e. The van der Waals surface area contributed by atoms with Gasteiger partial charge in [-0.25, -0.2) is 0 Å². The zero-order valence-electron chi connectivity index (χ0n) is 14.2. The summed E-state index contributed by atoms with van der Waals surface area (Å²) in [6.07, 6.45) is 8.71. The van der Waals surface area contributed by atoms with E-state index in [-0.39, 0.29) is 5.60 Å². The van der Waals surface area contributed by atoms with Gasteiger partial charge >= 0.3 is 0 Å². The number of rotatable bonds is 5. The normalized spacial score (nSPS) is 31.1. The Kier molecular flexibility index (Phi) is 4.54. The van der Waals surface area contributed by atoms with Crippen molar-refractivity contribution in [1.82, 2.24) is 0 Å². The van der Waals surface area contributed by atoms with Crippen molar-refractivity contribution in [3.8, 4) is 0 Å². The van der Waals surface area contributed by atoms with Gasteiger partial charge in [0, 0.05) is 19.6 Å². The molecule has 2 nitrogen and oxygen atoms in total. The van der Waals surface area contributed by atoms with Crippen molar-refractivity contribution >= 4 is 8.32 Å². The van der Waals surface area contributed by atoms with E-state index in [1.165, 1.54) is 25.7 Å². The molecule has 2 atom stereocenters. The first-order chi connectivity index (χ1) is 9.23. The summed E-state index contributed by atoms with van der Waals surface area (Å²) in [6, 6.07) is 0. The maximum absolute atomic E-state index is 6.40. The molecule has 1 fully saturated rings. The highest BCUT2D eigenvalue weighted by molar-refractivity contribution is 6.74. The topological polar surface area (TPSA) is 18.5 Å². The van der Waals surface area contributed by atoms with Crippen LogP contribution in [0.25, 0.3) is 0 Å². The summed E-state index contributed by atoms with van der Waals surface area (Å²) in [5.41, 5.74) is 1.58. The Morgan fingerprint density at radius 1 is 1.30 bits per heavy atom. The van der Waals surface area contributed by atoms with Crippen molar-refractivity contribution in [2.75, 3.05) is 13.7 Å². The van der Waals surface area contributed by atoms with Gasteiger partial charge in [0.1, 0.15) is 0 Å². The fourth-order valence-corrected chi connectivity index (χ4v) is 4.07. The molecule has 2 aliphatic rings. The minimum absolute atomic E-state index is 0.0305. The van der Waals surface area contributed by atoms with E-state index >= 15 is 0 Å². The van der Waals surface area contributed by atoms with Crippen molar-refractivity contribution in [2.24, 2.45) is 5.92 Å². The predicted octanol–water partition coefficient (Wildman–Crippen LogP) is 4.91. The third kappa shape index (κ3) is 3.05. The van der Waals surface area contributed by atoms with Gasteiger partial charge < -0.3 is 9.16 Å². The van der Waals surface area contributed by atoms with Crippen molar-refractivity contribution in [3.05, 3.63) is 11.6 Å². The Balaban J connectivity index is 1.95. The van der Waals surface area contributed by atoms with Crippen molar-refractivity contribution in [3.63, 3.8) is 0 Å². The number of hydrogen-bond acceptors (Lipinski definition) is 2. The van der Waals surface area contributed by atoms with E-state index < -0.39 is 8.32 Å². The highest BCUT2D eigenvalue weighted by atomic mass is 28.4. The monoisotopic (exact) mass is 296 g/mol. The molecule has 0 aromatic heterocycles. The summed E-state index contributed by atoms with van der Waals surface area (Å²) >= 11 is 0. The minimum atomic E-state index is -1.63. The molecule has 0 N–H and O–H groups in total. The van der Waals surface area contributed by atoms with Crippen molar-refractivity contribution in [1.29, 1.82) is 0 Å². The number of methoxy groups -OCH3 is 1. The summed E-state index contributed by atoms with van der Waals surface area (Å²) in [6.45, 7) is 12.5. The van der Waals surface area contributed by atoms with Gasteiger partial charge in [0.2, 0.25) is 0 Å². The van der Waals surface area contributed by atoms with E-state index in [9.17, 15) is 0 Å². The van der Waals surface area contributed by atoms with Crippen LogP contribution < -0.4 is 0 Å². The van der Waals surface area contributed by atoms with E-state index in [4.69, 9.17) is 9.16 Å².